The summed E-state index contributed by atoms with van der Waals surface area (Å²) in [6.45, 7) is 3.57. The second-order valence-corrected chi connectivity index (χ2v) is 9.05. The Bertz CT molecular complexity index is 1250. The number of anilines is 3. The van der Waals surface area contributed by atoms with Crippen LogP contribution in [-0.2, 0) is 10.0 Å². The van der Waals surface area contributed by atoms with Crippen LogP contribution in [0.3, 0.4) is 0 Å². The van der Waals surface area contributed by atoms with Gasteiger partial charge >= 0.3 is 0 Å². The van der Waals surface area contributed by atoms with Crippen LogP contribution in [-0.4, -0.2) is 28.4 Å². The Morgan fingerprint density at radius 3 is 2.37 bits per heavy atom. The van der Waals surface area contributed by atoms with Crippen LogP contribution < -0.4 is 10.0 Å². The zero-order valence-corrected chi connectivity index (χ0v) is 17.8. The summed E-state index contributed by atoms with van der Waals surface area (Å²) in [5.41, 5.74) is 3.86. The van der Waals surface area contributed by atoms with E-state index in [0.29, 0.717) is 16.5 Å². The third-order valence-corrected chi connectivity index (χ3v) is 6.19. The van der Waals surface area contributed by atoms with Crippen molar-refractivity contribution in [2.45, 2.75) is 18.7 Å². The molecule has 0 bridgehead atoms. The quantitative estimate of drug-likeness (QED) is 0.465. The van der Waals surface area contributed by atoms with Crippen molar-refractivity contribution < 1.29 is 8.42 Å². The largest absolute Gasteiger partial charge is 0.332 e. The predicted molar refractivity (Wildman–Crippen MR) is 117 cm³/mol. The lowest BCUT2D eigenvalue weighted by Gasteiger charge is -2.09. The zero-order valence-electron chi connectivity index (χ0n) is 16.2. The number of nitrogens with one attached hydrogen (secondary N) is 2. The van der Waals surface area contributed by atoms with Crippen LogP contribution >= 0.6 is 11.3 Å². The number of hydrogen-bond donors (Lipinski definition) is 2. The molecule has 4 aromatic rings. The Kier molecular flexibility index (Phi) is 5.42. The highest BCUT2D eigenvalue weighted by Gasteiger charge is 2.16. The van der Waals surface area contributed by atoms with E-state index in [1.165, 1.54) is 23.5 Å². The van der Waals surface area contributed by atoms with Gasteiger partial charge in [0.2, 0.25) is 5.95 Å². The Morgan fingerprint density at radius 2 is 1.70 bits per heavy atom. The molecule has 0 amide bonds. The van der Waals surface area contributed by atoms with E-state index < -0.39 is 10.0 Å². The SMILES string of the molecule is Cc1cc(C)nc(NS(=O)(=O)c2ccc(Nc3nc(-c4cccnc4)cs3)cc2)n1. The van der Waals surface area contributed by atoms with Crippen molar-refractivity contribution in [3.05, 3.63) is 71.6 Å². The summed E-state index contributed by atoms with van der Waals surface area (Å²) in [5, 5.41) is 5.82. The van der Waals surface area contributed by atoms with Crippen molar-refractivity contribution in [2.75, 3.05) is 10.0 Å². The third-order valence-electron chi connectivity index (χ3n) is 4.09. The monoisotopic (exact) mass is 438 g/mol. The van der Waals surface area contributed by atoms with Crippen LogP contribution in [0.25, 0.3) is 11.3 Å². The molecule has 0 aliphatic carbocycles. The number of aryl methyl sites for hydroxylation is 2. The summed E-state index contributed by atoms with van der Waals surface area (Å²) in [4.78, 5) is 17.0. The Balaban J connectivity index is 1.48. The number of hydrogen-bond acceptors (Lipinski definition) is 8. The topological polar surface area (TPSA) is 110 Å². The van der Waals surface area contributed by atoms with Crippen molar-refractivity contribution in [3.8, 4) is 11.3 Å². The highest BCUT2D eigenvalue weighted by atomic mass is 32.2. The average Bonchev–Trinajstić information content (AvgIpc) is 3.16. The normalized spacial score (nSPS) is 11.3. The van der Waals surface area contributed by atoms with Crippen molar-refractivity contribution in [2.24, 2.45) is 0 Å². The molecule has 0 fully saturated rings. The van der Waals surface area contributed by atoms with Crippen molar-refractivity contribution in [1.29, 1.82) is 0 Å². The number of thiazole rings is 1. The number of nitrogens with zero attached hydrogens (tertiary/aromatic N) is 4. The molecule has 2 N–H and O–H groups in total. The molecule has 0 spiro atoms. The van der Waals surface area contributed by atoms with Gasteiger partial charge in [0.1, 0.15) is 0 Å². The lowest BCUT2D eigenvalue weighted by atomic mass is 10.2. The lowest BCUT2D eigenvalue weighted by molar-refractivity contribution is 0.601. The molecule has 4 rings (SSSR count). The molecule has 0 aliphatic heterocycles. The van der Waals surface area contributed by atoms with Crippen molar-refractivity contribution in [1.82, 2.24) is 19.9 Å². The second kappa shape index (κ2) is 8.17. The van der Waals surface area contributed by atoms with E-state index in [1.807, 2.05) is 17.5 Å². The molecule has 152 valence electrons. The zero-order chi connectivity index (χ0) is 21.1. The van der Waals surface area contributed by atoms with Gasteiger partial charge in [-0.1, -0.05) is 0 Å². The van der Waals surface area contributed by atoms with Gasteiger partial charge in [-0.05, 0) is 56.3 Å². The molecule has 30 heavy (non-hydrogen) atoms. The summed E-state index contributed by atoms with van der Waals surface area (Å²) in [5.74, 6) is 0.0559. The van der Waals surface area contributed by atoms with E-state index in [0.717, 1.165) is 16.9 Å². The van der Waals surface area contributed by atoms with Gasteiger partial charge in [-0.15, -0.1) is 11.3 Å². The van der Waals surface area contributed by atoms with E-state index in [9.17, 15) is 8.42 Å². The summed E-state index contributed by atoms with van der Waals surface area (Å²) >= 11 is 1.46. The average molecular weight is 439 g/mol. The molecule has 0 atom stereocenters. The van der Waals surface area contributed by atoms with Crippen LogP contribution in [0, 0.1) is 13.8 Å². The van der Waals surface area contributed by atoms with Crippen LogP contribution in [0.4, 0.5) is 16.8 Å². The van der Waals surface area contributed by atoms with Gasteiger partial charge in [0, 0.05) is 40.4 Å². The molecule has 3 heterocycles. The van der Waals surface area contributed by atoms with E-state index in [-0.39, 0.29) is 10.8 Å². The molecule has 0 saturated heterocycles. The maximum atomic E-state index is 12.6. The number of pyridine rings is 1. The van der Waals surface area contributed by atoms with Crippen molar-refractivity contribution in [3.63, 3.8) is 0 Å². The lowest BCUT2D eigenvalue weighted by Crippen LogP contribution is -2.15. The minimum Gasteiger partial charge on any atom is -0.332 e. The number of sulfonamides is 1. The highest BCUT2D eigenvalue weighted by Crippen LogP contribution is 2.27. The summed E-state index contributed by atoms with van der Waals surface area (Å²) < 4.78 is 27.7. The van der Waals surface area contributed by atoms with E-state index in [1.54, 1.807) is 44.4 Å². The molecule has 0 unspecified atom stereocenters. The van der Waals surface area contributed by atoms with Crippen LogP contribution in [0.1, 0.15) is 11.4 Å². The molecular formula is C20H18N6O2S2. The number of aromatic nitrogens is 4. The van der Waals surface area contributed by atoms with Gasteiger partial charge in [0.05, 0.1) is 10.6 Å². The number of rotatable bonds is 6. The molecule has 8 nitrogen and oxygen atoms in total. The third kappa shape index (κ3) is 4.61. The van der Waals surface area contributed by atoms with Gasteiger partial charge in [0.25, 0.3) is 10.0 Å². The van der Waals surface area contributed by atoms with Gasteiger partial charge in [-0.3, -0.25) is 4.98 Å². The van der Waals surface area contributed by atoms with E-state index in [2.05, 4.69) is 30.0 Å². The fourth-order valence-corrected chi connectivity index (χ4v) is 4.45. The minimum absolute atomic E-state index is 0.0559. The number of benzene rings is 1. The van der Waals surface area contributed by atoms with Gasteiger partial charge in [0.15, 0.2) is 5.13 Å². The molecular weight excluding hydrogens is 420 g/mol. The molecule has 0 saturated carbocycles. The van der Waals surface area contributed by atoms with Crippen LogP contribution in [0.15, 0.2) is 65.1 Å². The van der Waals surface area contributed by atoms with E-state index >= 15 is 0 Å². The standard InChI is InChI=1S/C20H18N6O2S2/c1-13-10-14(2)23-19(22-13)26-30(27,28)17-7-5-16(6-8-17)24-20-25-18(12-29-20)15-4-3-9-21-11-15/h3-12H,1-2H3,(H,24,25)(H,22,23,26). The summed E-state index contributed by atoms with van der Waals surface area (Å²) in [6.07, 6.45) is 3.47. The first-order valence-electron chi connectivity index (χ1n) is 8.97. The highest BCUT2D eigenvalue weighted by molar-refractivity contribution is 7.92. The summed E-state index contributed by atoms with van der Waals surface area (Å²) in [7, 11) is -3.79. The van der Waals surface area contributed by atoms with Gasteiger partial charge < -0.3 is 5.32 Å². The van der Waals surface area contributed by atoms with Gasteiger partial charge in [-0.25, -0.2) is 28.1 Å². The maximum Gasteiger partial charge on any atom is 0.264 e. The minimum atomic E-state index is -3.79. The first kappa shape index (κ1) is 19.9. The Hall–Kier alpha value is -3.37. The van der Waals surface area contributed by atoms with Crippen molar-refractivity contribution >= 4 is 38.1 Å². The Labute approximate surface area is 178 Å². The molecule has 0 radical (unpaired) electrons. The predicted octanol–water partition coefficient (Wildman–Crippen LogP) is 4.16. The molecule has 10 heteroatoms. The molecule has 0 aliphatic rings. The second-order valence-electron chi connectivity index (χ2n) is 6.51. The maximum absolute atomic E-state index is 12.6. The summed E-state index contributed by atoms with van der Waals surface area (Å²) in [6, 6.07) is 12.0. The van der Waals surface area contributed by atoms with E-state index in [4.69, 9.17) is 0 Å². The fourth-order valence-electron chi connectivity index (χ4n) is 2.77. The smallest absolute Gasteiger partial charge is 0.264 e. The van der Waals surface area contributed by atoms with Crippen LogP contribution in [0.5, 0.6) is 0 Å². The first-order chi connectivity index (χ1) is 14.4. The Morgan fingerprint density at radius 1 is 0.967 bits per heavy atom. The molecule has 1 aromatic carbocycles. The molecule has 3 aromatic heterocycles. The van der Waals surface area contributed by atoms with Crippen LogP contribution in [0.2, 0.25) is 0 Å². The van der Waals surface area contributed by atoms with Gasteiger partial charge in [-0.2, -0.15) is 0 Å². The fraction of sp³-hybridized carbons (Fsp3) is 0.100. The first-order valence-corrected chi connectivity index (χ1v) is 11.3.